The van der Waals surface area contributed by atoms with Crippen molar-refractivity contribution >= 4 is 35.5 Å². The molecular formula is C48H84N2O37S2. The highest BCUT2D eigenvalue weighted by atomic mass is 32.2. The largest absolute Gasteiger partial charge is 0.480 e. The highest BCUT2D eigenvalue weighted by Gasteiger charge is 2.57. The van der Waals surface area contributed by atoms with Gasteiger partial charge in [0.2, 0.25) is 0 Å². The molecule has 520 valence electrons. The van der Waals surface area contributed by atoms with E-state index in [9.17, 15) is 122 Å². The summed E-state index contributed by atoms with van der Waals surface area (Å²) in [7, 11) is 0. The number of ether oxygens (including phenoxy) is 13. The molecule has 41 heteroatoms. The summed E-state index contributed by atoms with van der Waals surface area (Å²) in [5.74, 6) is -4.02. The lowest BCUT2D eigenvalue weighted by Crippen LogP contribution is -2.67. The number of nitrogens with two attached hydrogens (primary N) is 2. The second kappa shape index (κ2) is 35.3. The molecule has 6 fully saturated rings. The quantitative estimate of drug-likeness (QED) is 0.0278. The zero-order valence-electron chi connectivity index (χ0n) is 47.0. The maximum absolute atomic E-state index is 11.7. The number of rotatable bonds is 32. The number of carboxylic acid groups (broad SMARTS) is 2. The van der Waals surface area contributed by atoms with Crippen LogP contribution >= 0.6 is 23.5 Å². The van der Waals surface area contributed by atoms with Crippen LogP contribution in [-0.4, -0.2) is 409 Å². The van der Waals surface area contributed by atoms with Crippen molar-refractivity contribution < 1.29 is 184 Å². The lowest BCUT2D eigenvalue weighted by molar-refractivity contribution is -0.385. The summed E-state index contributed by atoms with van der Waals surface area (Å²) in [4.78, 5) is 23.0. The molecule has 0 bridgehead atoms. The van der Waals surface area contributed by atoms with Crippen LogP contribution in [-0.2, 0) is 71.2 Å². The van der Waals surface area contributed by atoms with Crippen molar-refractivity contribution in [2.45, 2.75) is 209 Å². The van der Waals surface area contributed by atoms with Gasteiger partial charge in [-0.1, -0.05) is 0 Å². The minimum Gasteiger partial charge on any atom is -0.480 e. The molecule has 0 amide bonds. The monoisotopic (exact) mass is 1340 g/mol. The molecule has 26 N–H and O–H groups in total. The van der Waals surface area contributed by atoms with Crippen LogP contribution in [0.15, 0.2) is 0 Å². The molecule has 89 heavy (non-hydrogen) atoms. The topological polar surface area (TPSA) is 651 Å². The Kier molecular flexibility index (Phi) is 30.2. The van der Waals surface area contributed by atoms with Crippen LogP contribution in [0.3, 0.4) is 0 Å². The standard InChI is InChI=1S/C48H84N2O37S2/c49-13(41(71)72)9-88-11-21-39(86-45-31(66)26(61)25(60)17(3-52)78-45)27(62)32(67)44(81-21)77-8-16(57)24(59)43(75-2-1-51)83-37-19(5-54)79-47(33(68)28(37)63)87-40-22(12-89-10-14(50)42(73)74)82-48(35(70)30(40)65)85-38-20(6-55)80-46(34(69)29(38)64)84-36-18(4-53)76-7-15(56)23(36)58/h13-40,43-48,51-70H,1-12,49-50H2,(H,71,72)(H,73,74)/t13-,14-,15-,16?,17?,18?,19?,20?,21?,22?,23?,24+,25-,26+,27-,28?,29-,30?,31?,32?,33+,34+,35+,36-,37-,38-,39+,40-,43+,44+,45-,46?,47+,48+/m1/s1. The third-order valence-corrected chi connectivity index (χ3v) is 17.6. The van der Waals surface area contributed by atoms with Gasteiger partial charge in [-0.25, -0.2) is 0 Å². The van der Waals surface area contributed by atoms with E-state index in [2.05, 4.69) is 0 Å². The minimum absolute atomic E-state index is 0.248. The molecule has 0 saturated carbocycles. The van der Waals surface area contributed by atoms with Crippen LogP contribution in [0.4, 0.5) is 0 Å². The zero-order chi connectivity index (χ0) is 65.9. The SMILES string of the molecule is N[C@H](CSCC1O[C@@H](O[C@@H]2C(CO)OC(O[C@@H]3C(CO)OC[C@@H](O)C3O)[C@@H](O)[C@H]2O)[C@@H](O)C(O)[C@@H]1O[C@@H]1OC(CO)[C@@H](O[C@H](OCCO)[C@@H](O)C(O)CO[C@H]2OC(CSC[C@@H](N)C(=O)O)[C@H](O[C@H]3OC(CO)[C@@H](O)[C@H](O)C3O)[C@H](O)C2O)C(O)[C@@H]1O)C(=O)O. The van der Waals surface area contributed by atoms with Gasteiger partial charge in [0.25, 0.3) is 0 Å². The fourth-order valence-corrected chi connectivity index (χ4v) is 12.2. The first-order valence-electron chi connectivity index (χ1n) is 27.9. The third-order valence-electron chi connectivity index (χ3n) is 15.3. The smallest absolute Gasteiger partial charge is 0.321 e. The maximum atomic E-state index is 11.7. The van der Waals surface area contributed by atoms with E-state index >= 15 is 0 Å². The Labute approximate surface area is 513 Å². The highest BCUT2D eigenvalue weighted by molar-refractivity contribution is 7.99. The van der Waals surface area contributed by atoms with Crippen molar-refractivity contribution in [3.05, 3.63) is 0 Å². The Balaban J connectivity index is 1.12. The van der Waals surface area contributed by atoms with Crippen molar-refractivity contribution in [2.24, 2.45) is 11.5 Å². The van der Waals surface area contributed by atoms with Gasteiger partial charge < -0.3 is 185 Å². The molecule has 39 nitrogen and oxygen atoms in total. The molecule has 0 aromatic rings. The van der Waals surface area contributed by atoms with Gasteiger partial charge in [0.1, 0.15) is 159 Å². The van der Waals surface area contributed by atoms with Crippen molar-refractivity contribution in [1.29, 1.82) is 0 Å². The van der Waals surface area contributed by atoms with Gasteiger partial charge in [0.15, 0.2) is 37.7 Å². The molecular weight excluding hydrogens is 1260 g/mol. The first kappa shape index (κ1) is 76.3. The van der Waals surface area contributed by atoms with Crippen LogP contribution in [0, 0.1) is 0 Å². The van der Waals surface area contributed by atoms with E-state index in [1.165, 1.54) is 0 Å². The number of aliphatic hydroxyl groups is 20. The third kappa shape index (κ3) is 18.8. The summed E-state index contributed by atoms with van der Waals surface area (Å²) in [6, 6.07) is -2.86. The maximum Gasteiger partial charge on any atom is 0.321 e. The van der Waals surface area contributed by atoms with E-state index in [0.717, 1.165) is 23.5 Å². The van der Waals surface area contributed by atoms with E-state index in [-0.39, 0.29) is 23.0 Å². The van der Waals surface area contributed by atoms with Crippen LogP contribution in [0.25, 0.3) is 0 Å². The second-order valence-corrected chi connectivity index (χ2v) is 23.7. The predicted molar refractivity (Wildman–Crippen MR) is 285 cm³/mol. The zero-order valence-corrected chi connectivity index (χ0v) is 48.7. The molecule has 13 unspecified atom stereocenters. The number of hydrogen-bond donors (Lipinski definition) is 24. The van der Waals surface area contributed by atoms with Gasteiger partial charge in [0.05, 0.1) is 65.1 Å². The summed E-state index contributed by atoms with van der Waals surface area (Å²) >= 11 is 1.66. The normalized spacial score (nSPS) is 44.0. The number of aliphatic hydroxyl groups excluding tert-OH is 20. The van der Waals surface area contributed by atoms with Gasteiger partial charge in [0, 0.05) is 23.0 Å². The van der Waals surface area contributed by atoms with E-state index in [1.807, 2.05) is 0 Å². The molecule has 0 aliphatic carbocycles. The fourth-order valence-electron chi connectivity index (χ4n) is 10.1. The van der Waals surface area contributed by atoms with Crippen LogP contribution in [0.5, 0.6) is 0 Å². The van der Waals surface area contributed by atoms with Gasteiger partial charge in [-0.15, -0.1) is 0 Å². The lowest BCUT2D eigenvalue weighted by atomic mass is 9.96. The predicted octanol–water partition coefficient (Wildman–Crippen LogP) is -15.0. The van der Waals surface area contributed by atoms with E-state index in [4.69, 9.17) is 73.0 Å². The minimum atomic E-state index is -2.29. The number of carbonyl (C=O) groups is 2. The average Bonchev–Trinajstić information content (AvgIpc) is 1.19. The summed E-state index contributed by atoms with van der Waals surface area (Å²) in [5, 5.41) is 234. The van der Waals surface area contributed by atoms with E-state index in [0.29, 0.717) is 0 Å². The number of hydrogen-bond acceptors (Lipinski definition) is 39. The summed E-state index contributed by atoms with van der Waals surface area (Å²) < 4.78 is 73.7. The number of thioether (sulfide) groups is 2. The Morgan fingerprint density at radius 3 is 1.27 bits per heavy atom. The highest BCUT2D eigenvalue weighted by Crippen LogP contribution is 2.37. The molecule has 6 saturated heterocycles. The molecule has 6 aliphatic rings. The van der Waals surface area contributed by atoms with Crippen LogP contribution < -0.4 is 11.5 Å². The molecule has 0 aromatic carbocycles. The molecule has 0 radical (unpaired) electrons. The van der Waals surface area contributed by atoms with Gasteiger partial charge in [-0.05, 0) is 0 Å². The number of aliphatic carboxylic acids is 2. The Morgan fingerprint density at radius 1 is 0.461 bits per heavy atom. The van der Waals surface area contributed by atoms with Crippen molar-refractivity contribution in [1.82, 2.24) is 0 Å². The van der Waals surface area contributed by atoms with Crippen molar-refractivity contribution in [3.63, 3.8) is 0 Å². The molecule has 34 atom stereocenters. The number of carboxylic acids is 2. The first-order valence-corrected chi connectivity index (χ1v) is 30.2. The lowest BCUT2D eigenvalue weighted by Gasteiger charge is -2.49. The summed E-state index contributed by atoms with van der Waals surface area (Å²) in [6.45, 7) is -6.52. The van der Waals surface area contributed by atoms with Crippen LogP contribution in [0.1, 0.15) is 0 Å². The van der Waals surface area contributed by atoms with Crippen molar-refractivity contribution in [3.8, 4) is 0 Å². The van der Waals surface area contributed by atoms with Crippen LogP contribution in [0.2, 0.25) is 0 Å². The molecule has 0 aromatic heterocycles. The molecule has 6 heterocycles. The second-order valence-electron chi connectivity index (χ2n) is 21.6. The Morgan fingerprint density at radius 2 is 0.831 bits per heavy atom. The van der Waals surface area contributed by atoms with Gasteiger partial charge >= 0.3 is 11.9 Å². The summed E-state index contributed by atoms with van der Waals surface area (Å²) in [5.41, 5.74) is 11.3. The van der Waals surface area contributed by atoms with Crippen molar-refractivity contribution in [2.75, 3.05) is 75.9 Å². The molecule has 6 aliphatic heterocycles. The van der Waals surface area contributed by atoms with E-state index < -0.39 is 273 Å². The fraction of sp³-hybridized carbons (Fsp3) is 0.958. The molecule has 6 rings (SSSR count). The Bertz CT molecular complexity index is 2110. The van der Waals surface area contributed by atoms with Gasteiger partial charge in [-0.2, -0.15) is 23.5 Å². The van der Waals surface area contributed by atoms with Gasteiger partial charge in [-0.3, -0.25) is 9.59 Å². The Hall–Kier alpha value is -1.76. The summed E-state index contributed by atoms with van der Waals surface area (Å²) in [6.07, 6.45) is -60.6. The first-order chi connectivity index (χ1) is 42.1. The van der Waals surface area contributed by atoms with E-state index in [1.54, 1.807) is 0 Å². The molecule has 0 spiro atoms. The average molecular weight is 1350 g/mol.